The van der Waals surface area contributed by atoms with E-state index in [-0.39, 0.29) is 0 Å². The third-order valence-corrected chi connectivity index (χ3v) is 4.61. The molecule has 1 saturated carbocycles. The maximum absolute atomic E-state index is 4.13. The molecule has 1 N–H and O–H groups in total. The van der Waals surface area contributed by atoms with Gasteiger partial charge in [0.05, 0.1) is 0 Å². The molecule has 1 aliphatic rings. The van der Waals surface area contributed by atoms with Crippen LogP contribution in [0.25, 0.3) is 0 Å². The number of nitrogens with one attached hydrogen (secondary N) is 1. The smallest absolute Gasteiger partial charge is 0.0270 e. The zero-order chi connectivity index (χ0) is 14.4. The molecule has 0 aliphatic heterocycles. The molecule has 3 unspecified atom stereocenters. The van der Waals surface area contributed by atoms with E-state index in [1.807, 2.05) is 12.4 Å². The Kier molecular flexibility index (Phi) is 6.03. The fraction of sp³-hybridized carbons (Fsp3) is 0.722. The molecule has 0 amide bonds. The predicted octanol–water partition coefficient (Wildman–Crippen LogP) is 3.92. The molecular weight excluding hydrogens is 244 g/mol. The first kappa shape index (κ1) is 15.5. The fourth-order valence-corrected chi connectivity index (χ4v) is 3.46. The van der Waals surface area contributed by atoms with Gasteiger partial charge in [0, 0.05) is 12.4 Å². The monoisotopic (exact) mass is 274 g/mol. The molecule has 3 atom stereocenters. The summed E-state index contributed by atoms with van der Waals surface area (Å²) >= 11 is 0. The zero-order valence-corrected chi connectivity index (χ0v) is 13.3. The molecule has 0 spiro atoms. The van der Waals surface area contributed by atoms with Gasteiger partial charge in [0.25, 0.3) is 0 Å². The van der Waals surface area contributed by atoms with Crippen molar-refractivity contribution < 1.29 is 0 Å². The average molecular weight is 274 g/mol. The highest BCUT2D eigenvalue weighted by Crippen LogP contribution is 2.35. The van der Waals surface area contributed by atoms with E-state index in [1.54, 1.807) is 0 Å². The molecule has 20 heavy (non-hydrogen) atoms. The van der Waals surface area contributed by atoms with Crippen LogP contribution in [0.3, 0.4) is 0 Å². The van der Waals surface area contributed by atoms with Crippen molar-refractivity contribution in [2.24, 2.45) is 23.7 Å². The van der Waals surface area contributed by atoms with Crippen molar-refractivity contribution in [3.63, 3.8) is 0 Å². The Morgan fingerprint density at radius 2 is 1.95 bits per heavy atom. The number of pyridine rings is 1. The van der Waals surface area contributed by atoms with E-state index in [1.165, 1.54) is 37.8 Å². The molecule has 1 fully saturated rings. The largest absolute Gasteiger partial charge is 0.316 e. The summed E-state index contributed by atoms with van der Waals surface area (Å²) in [6, 6.07) is 4.36. The first-order chi connectivity index (χ1) is 9.65. The van der Waals surface area contributed by atoms with E-state index in [0.717, 1.165) is 30.2 Å². The molecule has 2 heteroatoms. The Morgan fingerprint density at radius 3 is 2.65 bits per heavy atom. The molecule has 1 aromatic rings. The molecule has 0 saturated heterocycles. The third kappa shape index (κ3) is 4.90. The van der Waals surface area contributed by atoms with Crippen LogP contribution in [0.4, 0.5) is 0 Å². The van der Waals surface area contributed by atoms with Gasteiger partial charge in [0.2, 0.25) is 0 Å². The summed E-state index contributed by atoms with van der Waals surface area (Å²) in [6.07, 6.45) is 9.25. The molecule has 2 nitrogen and oxygen atoms in total. The lowest BCUT2D eigenvalue weighted by molar-refractivity contribution is 0.182. The van der Waals surface area contributed by atoms with Gasteiger partial charge in [0.15, 0.2) is 0 Å². The van der Waals surface area contributed by atoms with Crippen LogP contribution < -0.4 is 5.32 Å². The van der Waals surface area contributed by atoms with Gasteiger partial charge in [-0.15, -0.1) is 0 Å². The van der Waals surface area contributed by atoms with Crippen LogP contribution >= 0.6 is 0 Å². The van der Waals surface area contributed by atoms with Crippen LogP contribution in [0.1, 0.15) is 45.6 Å². The Morgan fingerprint density at radius 1 is 1.20 bits per heavy atom. The number of hydrogen-bond acceptors (Lipinski definition) is 2. The zero-order valence-electron chi connectivity index (χ0n) is 13.3. The predicted molar refractivity (Wildman–Crippen MR) is 85.6 cm³/mol. The highest BCUT2D eigenvalue weighted by atomic mass is 14.9. The second-order valence-corrected chi connectivity index (χ2v) is 7.05. The Balaban J connectivity index is 1.90. The summed E-state index contributed by atoms with van der Waals surface area (Å²) in [7, 11) is 0. The first-order valence-corrected chi connectivity index (χ1v) is 8.24. The maximum Gasteiger partial charge on any atom is 0.0270 e. The quantitative estimate of drug-likeness (QED) is 0.850. The normalized spacial score (nSPS) is 26.9. The van der Waals surface area contributed by atoms with Gasteiger partial charge in [0.1, 0.15) is 0 Å². The highest BCUT2D eigenvalue weighted by molar-refractivity contribution is 5.11. The summed E-state index contributed by atoms with van der Waals surface area (Å²) in [5, 5.41) is 3.67. The molecule has 1 aliphatic carbocycles. The standard InChI is InChI=1S/C18H30N2/c1-14(2)12-20-13-17-5-4-15(3)10-18(17)11-16-6-8-19-9-7-16/h6-9,14-15,17-18,20H,4-5,10-13H2,1-3H3. The summed E-state index contributed by atoms with van der Waals surface area (Å²) < 4.78 is 0. The van der Waals surface area contributed by atoms with Crippen LogP contribution in [-0.2, 0) is 6.42 Å². The number of aromatic nitrogens is 1. The number of rotatable bonds is 6. The number of nitrogens with zero attached hydrogens (tertiary/aromatic N) is 1. The lowest BCUT2D eigenvalue weighted by Crippen LogP contribution is -2.35. The average Bonchev–Trinajstić information content (AvgIpc) is 2.42. The Labute approximate surface area is 124 Å². The van der Waals surface area contributed by atoms with E-state index >= 15 is 0 Å². The minimum Gasteiger partial charge on any atom is -0.316 e. The first-order valence-electron chi connectivity index (χ1n) is 8.24. The van der Waals surface area contributed by atoms with Crippen molar-refractivity contribution >= 4 is 0 Å². The minimum atomic E-state index is 0.746. The molecule has 0 radical (unpaired) electrons. The number of hydrogen-bond donors (Lipinski definition) is 1. The summed E-state index contributed by atoms with van der Waals surface area (Å²) in [5.74, 6) is 3.32. The lowest BCUT2D eigenvalue weighted by atomic mass is 9.72. The summed E-state index contributed by atoms with van der Waals surface area (Å²) in [6.45, 7) is 9.32. The molecule has 0 aromatic carbocycles. The third-order valence-electron chi connectivity index (χ3n) is 4.61. The van der Waals surface area contributed by atoms with Gasteiger partial charge in [-0.1, -0.05) is 27.2 Å². The van der Waals surface area contributed by atoms with E-state index in [2.05, 4.69) is 43.2 Å². The highest BCUT2D eigenvalue weighted by Gasteiger charge is 2.28. The van der Waals surface area contributed by atoms with E-state index in [4.69, 9.17) is 0 Å². The second kappa shape index (κ2) is 7.78. The molecular formula is C18H30N2. The SMILES string of the molecule is CC(C)CNCC1CCC(C)CC1Cc1ccncc1. The van der Waals surface area contributed by atoms with Crippen molar-refractivity contribution in [3.8, 4) is 0 Å². The Bertz CT molecular complexity index is 374. The lowest BCUT2D eigenvalue weighted by Gasteiger charge is -2.35. The van der Waals surface area contributed by atoms with Crippen LogP contribution in [0, 0.1) is 23.7 Å². The summed E-state index contributed by atoms with van der Waals surface area (Å²) in [4.78, 5) is 4.13. The van der Waals surface area contributed by atoms with E-state index in [9.17, 15) is 0 Å². The van der Waals surface area contributed by atoms with Crippen molar-refractivity contribution in [3.05, 3.63) is 30.1 Å². The van der Waals surface area contributed by atoms with Crippen LogP contribution in [0.2, 0.25) is 0 Å². The molecule has 2 rings (SSSR count). The Hall–Kier alpha value is -0.890. The van der Waals surface area contributed by atoms with E-state index in [0.29, 0.717) is 0 Å². The van der Waals surface area contributed by atoms with Gasteiger partial charge in [-0.25, -0.2) is 0 Å². The summed E-state index contributed by atoms with van der Waals surface area (Å²) in [5.41, 5.74) is 1.45. The van der Waals surface area contributed by atoms with Gasteiger partial charge < -0.3 is 5.32 Å². The van der Waals surface area contributed by atoms with Gasteiger partial charge in [-0.05, 0) is 73.7 Å². The molecule has 0 bridgehead atoms. The minimum absolute atomic E-state index is 0.746. The fourth-order valence-electron chi connectivity index (χ4n) is 3.46. The van der Waals surface area contributed by atoms with Crippen molar-refractivity contribution in [1.29, 1.82) is 0 Å². The van der Waals surface area contributed by atoms with Crippen LogP contribution in [0.15, 0.2) is 24.5 Å². The molecule has 1 heterocycles. The molecule has 1 aromatic heterocycles. The van der Waals surface area contributed by atoms with Crippen LogP contribution in [0.5, 0.6) is 0 Å². The maximum atomic E-state index is 4.13. The van der Waals surface area contributed by atoms with Crippen molar-refractivity contribution in [1.82, 2.24) is 10.3 Å². The van der Waals surface area contributed by atoms with Gasteiger partial charge >= 0.3 is 0 Å². The van der Waals surface area contributed by atoms with Crippen molar-refractivity contribution in [2.45, 2.75) is 46.5 Å². The second-order valence-electron chi connectivity index (χ2n) is 7.05. The van der Waals surface area contributed by atoms with Gasteiger partial charge in [-0.3, -0.25) is 4.98 Å². The topological polar surface area (TPSA) is 24.9 Å². The van der Waals surface area contributed by atoms with E-state index < -0.39 is 0 Å². The van der Waals surface area contributed by atoms with Crippen molar-refractivity contribution in [2.75, 3.05) is 13.1 Å². The van der Waals surface area contributed by atoms with Gasteiger partial charge in [-0.2, -0.15) is 0 Å². The van der Waals surface area contributed by atoms with Crippen LogP contribution in [-0.4, -0.2) is 18.1 Å². The molecule has 112 valence electrons.